The number of nitrogens with one attached hydrogen (secondary N) is 2. The topological polar surface area (TPSA) is 286 Å². The SMILES string of the molecule is CCCC(=O)N(C(=O)CC[C@H](C(N)=O)N(CC(C)O[C@H]1[C@H](O)[C@@H](CO)O[C@H](O)[C@@H]1NC(C)=O)C(=O)[C@H](C)NC)[C@@H](CCCCN)C(=O)Oc1cccnc1. The van der Waals surface area contributed by atoms with Crippen LogP contribution in [0.25, 0.3) is 0 Å². The molecule has 54 heavy (non-hydrogen) atoms. The third kappa shape index (κ3) is 13.3. The lowest BCUT2D eigenvalue weighted by atomic mass is 9.96. The minimum absolute atomic E-state index is 0.0548. The van der Waals surface area contributed by atoms with Crippen LogP contribution in [0, 0.1) is 0 Å². The van der Waals surface area contributed by atoms with Crippen molar-refractivity contribution in [3.63, 3.8) is 0 Å². The van der Waals surface area contributed by atoms with E-state index in [0.29, 0.717) is 25.8 Å². The molecule has 1 aromatic rings. The number of nitrogens with zero attached hydrogens (tertiary/aromatic N) is 3. The maximum Gasteiger partial charge on any atom is 0.334 e. The smallest absolute Gasteiger partial charge is 0.334 e. The number of pyridine rings is 1. The number of aliphatic hydroxyl groups excluding tert-OH is 3. The van der Waals surface area contributed by atoms with Gasteiger partial charge in [0.2, 0.25) is 29.5 Å². The van der Waals surface area contributed by atoms with Gasteiger partial charge >= 0.3 is 5.97 Å². The molecular weight excluding hydrogens is 710 g/mol. The summed E-state index contributed by atoms with van der Waals surface area (Å²) in [5, 5.41) is 36.4. The molecule has 2 heterocycles. The van der Waals surface area contributed by atoms with Crippen LogP contribution in [0.2, 0.25) is 0 Å². The van der Waals surface area contributed by atoms with E-state index in [2.05, 4.69) is 15.6 Å². The number of esters is 1. The minimum atomic E-state index is -1.67. The number of aliphatic hydroxyl groups is 3. The number of nitrogens with two attached hydrogens (primary N) is 2. The number of rotatable bonds is 22. The van der Waals surface area contributed by atoms with E-state index in [-0.39, 0.29) is 31.6 Å². The molecule has 1 fully saturated rings. The average molecular weight is 768 g/mol. The Morgan fingerprint density at radius 1 is 1.06 bits per heavy atom. The van der Waals surface area contributed by atoms with Crippen molar-refractivity contribution in [3.8, 4) is 5.75 Å². The Morgan fingerprint density at radius 3 is 2.30 bits per heavy atom. The molecule has 19 heteroatoms. The fourth-order valence-electron chi connectivity index (χ4n) is 6.05. The maximum atomic E-state index is 14.0. The Kier molecular flexibility index (Phi) is 19.6. The molecule has 1 aliphatic rings. The van der Waals surface area contributed by atoms with Crippen LogP contribution in [0.3, 0.4) is 0 Å². The number of ether oxygens (including phenoxy) is 3. The predicted molar refractivity (Wildman–Crippen MR) is 192 cm³/mol. The van der Waals surface area contributed by atoms with E-state index in [1.54, 1.807) is 13.0 Å². The standard InChI is InChI=1S/C35H57N7O12/c1-6-10-27(45)42(25(12-7-8-15-36)34(50)53-23-11-9-16-39-17-23)28(46)14-13-24(32(37)48)41(33(49)21(3)38-5)18-20(2)52-31-29(40-22(4)44)35(51)54-26(19-43)30(31)47/h9,11,16-17,20-21,24-26,29-31,35,38,43,47,51H,6-8,10,12-15,18-19,36H2,1-5H3,(H2,37,48)(H,40,44)/t20?,21-,24+,25-,26+,29+,30+,31+,35-/m0/s1. The highest BCUT2D eigenvalue weighted by atomic mass is 16.6. The van der Waals surface area contributed by atoms with Crippen LogP contribution in [0.5, 0.6) is 5.75 Å². The van der Waals surface area contributed by atoms with Gasteiger partial charge in [0.25, 0.3) is 0 Å². The number of aromatic nitrogens is 1. The number of carbonyl (C=O) groups excluding carboxylic acids is 6. The van der Waals surface area contributed by atoms with Crippen molar-refractivity contribution in [1.29, 1.82) is 0 Å². The molecule has 0 radical (unpaired) electrons. The van der Waals surface area contributed by atoms with Crippen LogP contribution in [0.1, 0.15) is 72.6 Å². The molecule has 0 aromatic carbocycles. The number of imide groups is 1. The Hall–Kier alpha value is -4.11. The highest BCUT2D eigenvalue weighted by molar-refractivity contribution is 6.00. The third-order valence-corrected chi connectivity index (χ3v) is 8.88. The van der Waals surface area contributed by atoms with E-state index in [0.717, 1.165) is 9.80 Å². The molecular formula is C35H57N7O12. The van der Waals surface area contributed by atoms with Crippen molar-refractivity contribution in [2.24, 2.45) is 11.5 Å². The van der Waals surface area contributed by atoms with Crippen molar-refractivity contribution in [1.82, 2.24) is 25.4 Å². The summed E-state index contributed by atoms with van der Waals surface area (Å²) in [6.45, 7) is 5.24. The molecule has 2 rings (SSSR count). The zero-order valence-electron chi connectivity index (χ0n) is 31.6. The van der Waals surface area contributed by atoms with Crippen molar-refractivity contribution in [2.75, 3.05) is 26.7 Å². The summed E-state index contributed by atoms with van der Waals surface area (Å²) in [7, 11) is 1.52. The average Bonchev–Trinajstić information content (AvgIpc) is 3.13. The van der Waals surface area contributed by atoms with E-state index in [1.807, 2.05) is 0 Å². The van der Waals surface area contributed by atoms with Gasteiger partial charge in [-0.3, -0.25) is 33.9 Å². The number of amides is 5. The van der Waals surface area contributed by atoms with E-state index in [9.17, 15) is 44.1 Å². The number of hydrogen-bond donors (Lipinski definition) is 7. The van der Waals surface area contributed by atoms with Crippen LogP contribution < -0.4 is 26.8 Å². The van der Waals surface area contributed by atoms with Gasteiger partial charge in [0.1, 0.15) is 42.2 Å². The molecule has 19 nitrogen and oxygen atoms in total. The van der Waals surface area contributed by atoms with Crippen LogP contribution in [0.15, 0.2) is 24.5 Å². The number of likely N-dealkylation sites (N-methyl/N-ethyl adjacent to an activating group) is 1. The molecule has 9 atom stereocenters. The van der Waals surface area contributed by atoms with Gasteiger partial charge in [0, 0.05) is 32.5 Å². The number of carbonyl (C=O) groups is 6. The molecule has 1 saturated heterocycles. The lowest BCUT2D eigenvalue weighted by Gasteiger charge is -2.44. The van der Waals surface area contributed by atoms with Gasteiger partial charge in [-0.05, 0) is 71.7 Å². The van der Waals surface area contributed by atoms with E-state index in [1.165, 1.54) is 46.3 Å². The molecule has 0 bridgehead atoms. The van der Waals surface area contributed by atoms with Gasteiger partial charge in [-0.15, -0.1) is 0 Å². The number of unbranched alkanes of at least 4 members (excludes halogenated alkanes) is 1. The first-order valence-electron chi connectivity index (χ1n) is 18.1. The van der Waals surface area contributed by atoms with Crippen molar-refractivity contribution < 1.29 is 58.3 Å². The van der Waals surface area contributed by atoms with Crippen LogP contribution >= 0.6 is 0 Å². The molecule has 0 spiro atoms. The molecule has 9 N–H and O–H groups in total. The molecule has 1 unspecified atom stereocenters. The molecule has 0 aliphatic carbocycles. The van der Waals surface area contributed by atoms with Crippen molar-refractivity contribution in [3.05, 3.63) is 24.5 Å². The van der Waals surface area contributed by atoms with E-state index in [4.69, 9.17) is 25.7 Å². The fourth-order valence-corrected chi connectivity index (χ4v) is 6.05. The quantitative estimate of drug-likeness (QED) is 0.0499. The van der Waals surface area contributed by atoms with Gasteiger partial charge in [-0.25, -0.2) is 4.79 Å². The summed E-state index contributed by atoms with van der Waals surface area (Å²) in [6.07, 6.45) is -3.62. The summed E-state index contributed by atoms with van der Waals surface area (Å²) in [5.41, 5.74) is 11.5. The Labute approximate surface area is 315 Å². The van der Waals surface area contributed by atoms with Crippen LogP contribution in [-0.2, 0) is 38.2 Å². The Bertz CT molecular complexity index is 1390. The largest absolute Gasteiger partial charge is 0.423 e. The predicted octanol–water partition coefficient (Wildman–Crippen LogP) is -1.94. The highest BCUT2D eigenvalue weighted by Crippen LogP contribution is 2.25. The summed E-state index contributed by atoms with van der Waals surface area (Å²) in [5.74, 6) is -4.35. The normalized spacial score (nSPS) is 21.9. The van der Waals surface area contributed by atoms with Crippen LogP contribution in [0.4, 0.5) is 0 Å². The second kappa shape index (κ2) is 23.0. The first kappa shape index (κ1) is 46.0. The van der Waals surface area contributed by atoms with Gasteiger partial charge in [0.15, 0.2) is 6.29 Å². The second-order valence-electron chi connectivity index (χ2n) is 13.2. The minimum Gasteiger partial charge on any atom is -0.423 e. The fraction of sp³-hybridized carbons (Fsp3) is 0.686. The van der Waals surface area contributed by atoms with E-state index < -0.39 is 103 Å². The summed E-state index contributed by atoms with van der Waals surface area (Å²) < 4.78 is 16.8. The molecule has 1 aliphatic heterocycles. The lowest BCUT2D eigenvalue weighted by Crippen LogP contribution is -2.65. The van der Waals surface area contributed by atoms with Gasteiger partial charge in [-0.2, -0.15) is 0 Å². The van der Waals surface area contributed by atoms with E-state index >= 15 is 0 Å². The molecule has 5 amide bonds. The highest BCUT2D eigenvalue weighted by Gasteiger charge is 2.47. The summed E-state index contributed by atoms with van der Waals surface area (Å²) in [6, 6.07) is -1.83. The third-order valence-electron chi connectivity index (χ3n) is 8.88. The number of hydrogen-bond acceptors (Lipinski definition) is 15. The maximum absolute atomic E-state index is 14.0. The zero-order chi connectivity index (χ0) is 40.5. The van der Waals surface area contributed by atoms with Crippen LogP contribution in [-0.4, -0.2) is 147 Å². The Balaban J connectivity index is 2.43. The van der Waals surface area contributed by atoms with Crippen molar-refractivity contribution in [2.45, 2.75) is 128 Å². The lowest BCUT2D eigenvalue weighted by molar-refractivity contribution is -0.268. The first-order chi connectivity index (χ1) is 25.6. The van der Waals surface area contributed by atoms with Gasteiger partial charge < -0.3 is 56.5 Å². The van der Waals surface area contributed by atoms with Gasteiger partial charge in [0.05, 0.1) is 24.9 Å². The molecule has 1 aromatic heterocycles. The summed E-state index contributed by atoms with van der Waals surface area (Å²) in [4.78, 5) is 85.5. The second-order valence-corrected chi connectivity index (χ2v) is 13.2. The monoisotopic (exact) mass is 767 g/mol. The van der Waals surface area contributed by atoms with Crippen molar-refractivity contribution >= 4 is 35.5 Å². The summed E-state index contributed by atoms with van der Waals surface area (Å²) >= 11 is 0. The number of primary amides is 1. The Morgan fingerprint density at radius 2 is 1.74 bits per heavy atom. The zero-order valence-corrected chi connectivity index (χ0v) is 31.6. The molecule has 0 saturated carbocycles. The first-order valence-corrected chi connectivity index (χ1v) is 18.1. The molecule has 304 valence electrons. The van der Waals surface area contributed by atoms with Gasteiger partial charge in [-0.1, -0.05) is 6.92 Å².